The van der Waals surface area contributed by atoms with Gasteiger partial charge in [0.15, 0.2) is 13.2 Å². The molecule has 0 spiro atoms. The highest BCUT2D eigenvalue weighted by Crippen LogP contribution is 2.18. The zero-order valence-corrected chi connectivity index (χ0v) is 19.7. The fraction of sp³-hybridized carbons (Fsp3) is 0.185. The number of nitrogens with one attached hydrogen (secondary N) is 3. The number of benzene rings is 3. The third-order valence-electron chi connectivity index (χ3n) is 5.00. The topological polar surface area (TPSA) is 123 Å². The van der Waals surface area contributed by atoms with E-state index >= 15 is 0 Å². The molecule has 0 saturated heterocycles. The number of amides is 3. The zero-order chi connectivity index (χ0) is 25.8. The fourth-order valence-electron chi connectivity index (χ4n) is 3.16. The van der Waals surface area contributed by atoms with Crippen molar-refractivity contribution in [1.82, 2.24) is 10.6 Å². The molecule has 3 rings (SSSR count). The Kier molecular flexibility index (Phi) is 9.58. The van der Waals surface area contributed by atoms with Gasteiger partial charge in [-0.15, -0.1) is 0 Å². The Morgan fingerprint density at radius 3 is 2.14 bits per heavy atom. The summed E-state index contributed by atoms with van der Waals surface area (Å²) in [6, 6.07) is 24.5. The summed E-state index contributed by atoms with van der Waals surface area (Å²) in [5, 5.41) is 7.84. The maximum absolute atomic E-state index is 12.8. The van der Waals surface area contributed by atoms with Crippen LogP contribution in [0.5, 0.6) is 5.75 Å². The zero-order valence-electron chi connectivity index (χ0n) is 19.7. The van der Waals surface area contributed by atoms with Crippen molar-refractivity contribution in [2.24, 2.45) is 0 Å². The lowest BCUT2D eigenvalue weighted by molar-refractivity contribution is -0.147. The Morgan fingerprint density at radius 2 is 1.42 bits per heavy atom. The largest absolute Gasteiger partial charge is 0.484 e. The summed E-state index contributed by atoms with van der Waals surface area (Å²) >= 11 is 0. The van der Waals surface area contributed by atoms with Gasteiger partial charge in [-0.05, 0) is 36.8 Å². The normalized spacial score (nSPS) is 11.0. The first-order valence-corrected chi connectivity index (χ1v) is 11.3. The van der Waals surface area contributed by atoms with Crippen molar-refractivity contribution >= 4 is 29.4 Å². The van der Waals surface area contributed by atoms with E-state index in [0.29, 0.717) is 5.75 Å². The Morgan fingerprint density at radius 1 is 0.778 bits per heavy atom. The summed E-state index contributed by atoms with van der Waals surface area (Å²) in [6.07, 6.45) is 0. The van der Waals surface area contributed by atoms with Crippen molar-refractivity contribution in [2.45, 2.75) is 13.0 Å². The molecular weight excluding hydrogens is 462 g/mol. The molecule has 0 saturated carbocycles. The number of hydrogen-bond donors (Lipinski definition) is 3. The molecule has 0 bridgehead atoms. The van der Waals surface area contributed by atoms with Crippen LogP contribution in [0.3, 0.4) is 0 Å². The Labute approximate surface area is 208 Å². The van der Waals surface area contributed by atoms with Crippen LogP contribution in [-0.4, -0.2) is 43.4 Å². The van der Waals surface area contributed by atoms with Crippen molar-refractivity contribution < 1.29 is 28.7 Å². The van der Waals surface area contributed by atoms with Crippen LogP contribution in [0.15, 0.2) is 84.9 Å². The van der Waals surface area contributed by atoms with Crippen molar-refractivity contribution in [1.29, 1.82) is 0 Å². The lowest BCUT2D eigenvalue weighted by Gasteiger charge is -2.16. The van der Waals surface area contributed by atoms with Gasteiger partial charge in [0.25, 0.3) is 17.7 Å². The first kappa shape index (κ1) is 26.0. The highest BCUT2D eigenvalue weighted by Gasteiger charge is 2.17. The van der Waals surface area contributed by atoms with E-state index in [9.17, 15) is 19.2 Å². The molecule has 3 N–H and O–H groups in total. The molecule has 0 aliphatic rings. The number of rotatable bonds is 11. The molecule has 0 heterocycles. The monoisotopic (exact) mass is 489 g/mol. The maximum atomic E-state index is 12.8. The van der Waals surface area contributed by atoms with Gasteiger partial charge in [-0.1, -0.05) is 60.7 Å². The van der Waals surface area contributed by atoms with Crippen molar-refractivity contribution in [3.63, 3.8) is 0 Å². The summed E-state index contributed by atoms with van der Waals surface area (Å²) in [5.41, 5.74) is 1.49. The van der Waals surface area contributed by atoms with Gasteiger partial charge in [0.2, 0.25) is 0 Å². The number of carbonyl (C=O) groups is 4. The minimum absolute atomic E-state index is 0.239. The van der Waals surface area contributed by atoms with Gasteiger partial charge in [0.1, 0.15) is 12.3 Å². The van der Waals surface area contributed by atoms with E-state index in [1.165, 1.54) is 0 Å². The van der Waals surface area contributed by atoms with E-state index in [4.69, 9.17) is 9.47 Å². The average Bonchev–Trinajstić information content (AvgIpc) is 2.90. The van der Waals surface area contributed by atoms with Crippen LogP contribution < -0.4 is 20.7 Å². The van der Waals surface area contributed by atoms with Crippen LogP contribution in [0, 0.1) is 0 Å². The second-order valence-corrected chi connectivity index (χ2v) is 7.74. The lowest BCUT2D eigenvalue weighted by atomic mass is 10.1. The van der Waals surface area contributed by atoms with Crippen LogP contribution in [0.1, 0.15) is 28.9 Å². The molecule has 3 aromatic rings. The summed E-state index contributed by atoms with van der Waals surface area (Å²) in [4.78, 5) is 48.8. The third kappa shape index (κ3) is 8.28. The number of esters is 1. The highest BCUT2D eigenvalue weighted by molar-refractivity contribution is 6.04. The predicted octanol–water partition coefficient (Wildman–Crippen LogP) is 2.85. The Bertz CT molecular complexity index is 1180. The van der Waals surface area contributed by atoms with E-state index in [2.05, 4.69) is 16.0 Å². The molecule has 9 heteroatoms. The van der Waals surface area contributed by atoms with Crippen molar-refractivity contribution in [2.75, 3.05) is 25.1 Å². The molecule has 9 nitrogen and oxygen atoms in total. The number of hydrogen-bond acceptors (Lipinski definition) is 6. The number of carbonyl (C=O) groups excluding carboxylic acids is 4. The summed E-state index contributed by atoms with van der Waals surface area (Å²) in [7, 11) is 0. The van der Waals surface area contributed by atoms with E-state index < -0.39 is 30.9 Å². The van der Waals surface area contributed by atoms with Crippen LogP contribution in [0.25, 0.3) is 0 Å². The molecule has 0 aliphatic heterocycles. The summed E-state index contributed by atoms with van der Waals surface area (Å²) in [6.45, 7) is 0.603. The molecule has 1 unspecified atom stereocenters. The number of ether oxygens (including phenoxy) is 2. The molecular formula is C27H27N3O6. The quantitative estimate of drug-likeness (QED) is 0.356. The second kappa shape index (κ2) is 13.3. The van der Waals surface area contributed by atoms with E-state index in [0.717, 1.165) is 5.56 Å². The molecule has 36 heavy (non-hydrogen) atoms. The number of anilines is 1. The lowest BCUT2D eigenvalue weighted by Crippen LogP contribution is -2.35. The van der Waals surface area contributed by atoms with Crippen molar-refractivity contribution in [3.05, 3.63) is 96.1 Å². The van der Waals surface area contributed by atoms with E-state index in [-0.39, 0.29) is 29.8 Å². The molecule has 0 radical (unpaired) electrons. The van der Waals surface area contributed by atoms with Gasteiger partial charge in [-0.3, -0.25) is 19.2 Å². The van der Waals surface area contributed by atoms with Gasteiger partial charge < -0.3 is 25.4 Å². The SMILES string of the molecule is CC(NC(=O)c1ccccc1NC(=O)COC(=O)CNC(=O)COc1ccccc1)c1ccccc1. The van der Waals surface area contributed by atoms with E-state index in [1.807, 2.05) is 43.3 Å². The van der Waals surface area contributed by atoms with E-state index in [1.54, 1.807) is 48.5 Å². The van der Waals surface area contributed by atoms with Gasteiger partial charge >= 0.3 is 5.97 Å². The molecule has 0 aliphatic carbocycles. The van der Waals surface area contributed by atoms with Crippen LogP contribution in [0.4, 0.5) is 5.69 Å². The Balaban J connectivity index is 1.43. The summed E-state index contributed by atoms with van der Waals surface area (Å²) in [5.74, 6) is -1.76. The molecule has 0 aromatic heterocycles. The molecule has 0 fully saturated rings. The van der Waals surface area contributed by atoms with Crippen LogP contribution >= 0.6 is 0 Å². The third-order valence-corrected chi connectivity index (χ3v) is 5.00. The smallest absolute Gasteiger partial charge is 0.325 e. The molecule has 3 amide bonds. The predicted molar refractivity (Wildman–Crippen MR) is 133 cm³/mol. The average molecular weight is 490 g/mol. The first-order chi connectivity index (χ1) is 17.4. The second-order valence-electron chi connectivity index (χ2n) is 7.74. The van der Waals surface area contributed by atoms with Gasteiger partial charge in [-0.25, -0.2) is 0 Å². The first-order valence-electron chi connectivity index (χ1n) is 11.3. The molecule has 1 atom stereocenters. The van der Waals surface area contributed by atoms with Crippen LogP contribution in [-0.2, 0) is 19.1 Å². The van der Waals surface area contributed by atoms with Crippen LogP contribution in [0.2, 0.25) is 0 Å². The highest BCUT2D eigenvalue weighted by atomic mass is 16.5. The van der Waals surface area contributed by atoms with Gasteiger partial charge in [-0.2, -0.15) is 0 Å². The van der Waals surface area contributed by atoms with Crippen molar-refractivity contribution in [3.8, 4) is 5.75 Å². The Hall–Kier alpha value is -4.66. The maximum Gasteiger partial charge on any atom is 0.325 e. The summed E-state index contributed by atoms with van der Waals surface area (Å²) < 4.78 is 10.2. The fourth-order valence-corrected chi connectivity index (χ4v) is 3.16. The van der Waals surface area contributed by atoms with Gasteiger partial charge in [0.05, 0.1) is 17.3 Å². The minimum Gasteiger partial charge on any atom is -0.484 e. The minimum atomic E-state index is -0.791. The standard InChI is InChI=1S/C27H27N3O6/c1-19(20-10-4-2-5-11-20)29-27(34)22-14-8-9-15-23(22)30-25(32)18-36-26(33)16-28-24(31)17-35-21-12-6-3-7-13-21/h2-15,19H,16-18H2,1H3,(H,28,31)(H,29,34)(H,30,32). The number of para-hydroxylation sites is 2. The van der Waals surface area contributed by atoms with Gasteiger partial charge in [0, 0.05) is 0 Å². The molecule has 186 valence electrons. The molecule has 3 aromatic carbocycles.